The Morgan fingerprint density at radius 3 is 2.11 bits per heavy atom. The fraction of sp³-hybridized carbons (Fsp3) is 0.0851. The van der Waals surface area contributed by atoms with Crippen LogP contribution in [0.25, 0.3) is 48.4 Å². The Hall–Kier alpha value is -5.52. The van der Waals surface area contributed by atoms with E-state index >= 15 is 0 Å². The van der Waals surface area contributed by atoms with Gasteiger partial charge in [0, 0.05) is 29.5 Å². The molecule has 4 heterocycles. The minimum absolute atomic E-state index is 0. The van der Waals surface area contributed by atoms with Crippen molar-refractivity contribution in [2.24, 2.45) is 0 Å². The third kappa shape index (κ3) is 8.76. The maximum absolute atomic E-state index is 4.62. The summed E-state index contributed by atoms with van der Waals surface area (Å²) in [5.74, 6) is 0. The smallest absolute Gasteiger partial charge is 0.305 e. The summed E-state index contributed by atoms with van der Waals surface area (Å²) in [4.78, 5) is 9.07. The minimum atomic E-state index is 0. The summed E-state index contributed by atoms with van der Waals surface area (Å²) in [5, 5.41) is 6.86. The largest absolute Gasteiger partial charge is 3.00 e. The number of fused-ring (bicyclic) bond motifs is 3. The van der Waals surface area contributed by atoms with Crippen molar-refractivity contribution in [3.05, 3.63) is 205 Å². The SMILES string of the molecule is [Ir+3].[c-]1ccc2c(sc3ccccc32)c1-c1ccccn1.[c-]1ccccc1-c1ccc(CCc2cccc(CCc3c[c-]c(-n4cccn4)cc3)c2)cn1. The van der Waals surface area contributed by atoms with Gasteiger partial charge in [0.05, 0.1) is 0 Å². The van der Waals surface area contributed by atoms with E-state index in [1.807, 2.05) is 89.2 Å². The summed E-state index contributed by atoms with van der Waals surface area (Å²) >= 11 is 1.81. The van der Waals surface area contributed by atoms with Crippen molar-refractivity contribution in [2.45, 2.75) is 25.7 Å². The zero-order chi connectivity index (χ0) is 35.0. The molecule has 0 N–H and O–H groups in total. The predicted molar refractivity (Wildman–Crippen MR) is 214 cm³/mol. The van der Waals surface area contributed by atoms with Gasteiger partial charge in [0.2, 0.25) is 0 Å². The van der Waals surface area contributed by atoms with Gasteiger partial charge in [-0.15, -0.1) is 65.7 Å². The zero-order valence-corrected chi connectivity index (χ0v) is 32.2. The molecule has 0 spiro atoms. The van der Waals surface area contributed by atoms with Crippen LogP contribution in [0.4, 0.5) is 0 Å². The Bertz CT molecular complexity index is 2490. The van der Waals surface area contributed by atoms with Crippen molar-refractivity contribution >= 4 is 31.5 Å². The zero-order valence-electron chi connectivity index (χ0n) is 28.9. The number of pyridine rings is 2. The van der Waals surface area contributed by atoms with Crippen LogP contribution in [0.2, 0.25) is 0 Å². The van der Waals surface area contributed by atoms with Gasteiger partial charge in [-0.05, 0) is 81.3 Å². The molecule has 4 nitrogen and oxygen atoms in total. The van der Waals surface area contributed by atoms with Crippen LogP contribution < -0.4 is 0 Å². The summed E-state index contributed by atoms with van der Waals surface area (Å²) in [5.41, 5.74) is 10.3. The molecule has 0 aliphatic heterocycles. The summed E-state index contributed by atoms with van der Waals surface area (Å²) < 4.78 is 4.41. The molecule has 5 aromatic carbocycles. The molecule has 0 radical (unpaired) electrons. The third-order valence-electron chi connectivity index (χ3n) is 9.08. The first kappa shape index (κ1) is 35.9. The van der Waals surface area contributed by atoms with E-state index in [2.05, 4.69) is 118 Å². The monoisotopic (exact) mass is 880 g/mol. The first-order chi connectivity index (χ1) is 25.8. The van der Waals surface area contributed by atoms with Crippen LogP contribution >= 0.6 is 11.3 Å². The fourth-order valence-corrected chi connectivity index (χ4v) is 7.56. The van der Waals surface area contributed by atoms with Gasteiger partial charge in [-0.25, -0.2) is 0 Å². The topological polar surface area (TPSA) is 43.6 Å². The number of benzene rings is 5. The molecule has 0 saturated heterocycles. The fourth-order valence-electron chi connectivity index (χ4n) is 6.35. The molecule has 0 unspecified atom stereocenters. The summed E-state index contributed by atoms with van der Waals surface area (Å²) in [6.07, 6.45) is 11.6. The number of hydrogen-bond donors (Lipinski definition) is 0. The van der Waals surface area contributed by atoms with Gasteiger partial charge < -0.3 is 9.97 Å². The third-order valence-corrected chi connectivity index (χ3v) is 10.3. The van der Waals surface area contributed by atoms with Crippen LogP contribution in [0, 0.1) is 18.2 Å². The number of nitrogens with zero attached hydrogens (tertiary/aromatic N) is 4. The van der Waals surface area contributed by atoms with Crippen LogP contribution in [0.5, 0.6) is 0 Å². The van der Waals surface area contributed by atoms with E-state index in [9.17, 15) is 0 Å². The first-order valence-corrected chi connectivity index (χ1v) is 18.3. The molecule has 258 valence electrons. The van der Waals surface area contributed by atoms with Gasteiger partial charge in [-0.2, -0.15) is 40.2 Å². The van der Waals surface area contributed by atoms with Crippen molar-refractivity contribution in [3.63, 3.8) is 0 Å². The number of aryl methyl sites for hydroxylation is 4. The second kappa shape index (κ2) is 17.3. The van der Waals surface area contributed by atoms with Gasteiger partial charge >= 0.3 is 20.1 Å². The Balaban J connectivity index is 0.000000184. The quantitative estimate of drug-likeness (QED) is 0.136. The Morgan fingerprint density at radius 1 is 0.566 bits per heavy atom. The molecule has 6 heteroatoms. The molecule has 0 bridgehead atoms. The maximum Gasteiger partial charge on any atom is 3.00 e. The van der Waals surface area contributed by atoms with Gasteiger partial charge in [0.15, 0.2) is 0 Å². The van der Waals surface area contributed by atoms with Gasteiger partial charge in [-0.1, -0.05) is 78.5 Å². The molecule has 53 heavy (non-hydrogen) atoms. The summed E-state index contributed by atoms with van der Waals surface area (Å²) in [6, 6.07) is 58.0. The van der Waals surface area contributed by atoms with Gasteiger partial charge in [0.25, 0.3) is 0 Å². The molecule has 9 aromatic rings. The van der Waals surface area contributed by atoms with Crippen LogP contribution in [0.15, 0.2) is 164 Å². The average molecular weight is 880 g/mol. The molecule has 0 amide bonds. The molecule has 9 rings (SSSR count). The standard InChI is InChI=1S/C30H25N3.C17H10NS.Ir/c1-2-8-28(9-3-1)30-19-16-27(23-31-30)13-12-26-7-4-6-25(22-26)11-10-24-14-17-29(18-15-24)33-21-5-20-32-33;1-2-10-16-12(6-1)13-7-5-8-14(17(13)19-16)15-9-3-4-11-18-15;/h1-8,14-17,19-23H,10-13H2;1-7,9-11H;/q-2;-1;+3. The van der Waals surface area contributed by atoms with Crippen molar-refractivity contribution < 1.29 is 20.1 Å². The van der Waals surface area contributed by atoms with Crippen molar-refractivity contribution in [1.29, 1.82) is 0 Å². The van der Waals surface area contributed by atoms with E-state index in [0.717, 1.165) is 53.9 Å². The molecule has 0 aliphatic rings. The van der Waals surface area contributed by atoms with Crippen LogP contribution in [0.3, 0.4) is 0 Å². The minimum Gasteiger partial charge on any atom is -0.305 e. The van der Waals surface area contributed by atoms with Gasteiger partial charge in [-0.3, -0.25) is 4.68 Å². The molecular formula is C47H35IrN4S. The van der Waals surface area contributed by atoms with E-state index in [0.29, 0.717) is 0 Å². The first-order valence-electron chi connectivity index (χ1n) is 17.5. The molecule has 0 fully saturated rings. The van der Waals surface area contributed by atoms with Crippen LogP contribution in [-0.4, -0.2) is 19.7 Å². The van der Waals surface area contributed by atoms with Crippen molar-refractivity contribution in [2.75, 3.05) is 0 Å². The second-order valence-electron chi connectivity index (χ2n) is 12.6. The number of rotatable bonds is 9. The molecule has 4 aromatic heterocycles. The Labute approximate surface area is 328 Å². The molecule has 0 saturated carbocycles. The maximum atomic E-state index is 4.62. The molecule has 0 aliphatic carbocycles. The second-order valence-corrected chi connectivity index (χ2v) is 13.6. The van der Waals surface area contributed by atoms with Crippen molar-refractivity contribution in [1.82, 2.24) is 19.7 Å². The normalized spacial score (nSPS) is 10.8. The number of aromatic nitrogens is 4. The number of hydrogen-bond acceptors (Lipinski definition) is 4. The van der Waals surface area contributed by atoms with Crippen LogP contribution in [-0.2, 0) is 45.8 Å². The number of thiophene rings is 1. The van der Waals surface area contributed by atoms with E-state index in [-0.39, 0.29) is 20.1 Å². The molecular weight excluding hydrogens is 845 g/mol. The van der Waals surface area contributed by atoms with Crippen molar-refractivity contribution in [3.8, 4) is 28.2 Å². The molecule has 0 atom stereocenters. The van der Waals surface area contributed by atoms with E-state index in [4.69, 9.17) is 0 Å². The van der Waals surface area contributed by atoms with E-state index in [1.165, 1.54) is 42.4 Å². The summed E-state index contributed by atoms with van der Waals surface area (Å²) in [6.45, 7) is 0. The average Bonchev–Trinajstić information content (AvgIpc) is 3.90. The van der Waals surface area contributed by atoms with Crippen LogP contribution in [0.1, 0.15) is 22.3 Å². The summed E-state index contributed by atoms with van der Waals surface area (Å²) in [7, 11) is 0. The van der Waals surface area contributed by atoms with E-state index in [1.54, 1.807) is 6.20 Å². The Kier molecular flexibility index (Phi) is 11.7. The van der Waals surface area contributed by atoms with E-state index < -0.39 is 0 Å². The Morgan fingerprint density at radius 2 is 1.38 bits per heavy atom. The van der Waals surface area contributed by atoms with Gasteiger partial charge in [0.1, 0.15) is 0 Å². The predicted octanol–water partition coefficient (Wildman–Crippen LogP) is 11.0.